The lowest BCUT2D eigenvalue weighted by Gasteiger charge is -2.14. The highest BCUT2D eigenvalue weighted by atomic mass is 32.2. The molecular formula is C23H22N2O3S2. The molecule has 1 N–H and O–H groups in total. The van der Waals surface area contributed by atoms with Gasteiger partial charge >= 0.3 is 0 Å². The molecule has 3 rings (SSSR count). The molecule has 1 saturated heterocycles. The number of nitrogens with zero attached hydrogens (tertiary/aromatic N) is 1. The van der Waals surface area contributed by atoms with Crippen LogP contribution in [-0.2, 0) is 9.59 Å². The monoisotopic (exact) mass is 438 g/mol. The van der Waals surface area contributed by atoms with Crippen molar-refractivity contribution in [3.05, 3.63) is 77.2 Å². The van der Waals surface area contributed by atoms with Gasteiger partial charge < -0.3 is 10.1 Å². The highest BCUT2D eigenvalue weighted by Gasteiger charge is 2.31. The van der Waals surface area contributed by atoms with Gasteiger partial charge in [0.25, 0.3) is 5.91 Å². The van der Waals surface area contributed by atoms with E-state index in [1.54, 1.807) is 30.2 Å². The van der Waals surface area contributed by atoms with E-state index in [0.717, 1.165) is 5.56 Å². The summed E-state index contributed by atoms with van der Waals surface area (Å²) in [5.74, 6) is 0.357. The summed E-state index contributed by atoms with van der Waals surface area (Å²) in [6.45, 7) is 0.406. The number of ether oxygens (including phenoxy) is 1. The Morgan fingerprint density at radius 2 is 1.90 bits per heavy atom. The van der Waals surface area contributed by atoms with E-state index < -0.39 is 0 Å². The number of hydrogen-bond donors (Lipinski definition) is 1. The van der Waals surface area contributed by atoms with Crippen LogP contribution in [0.25, 0.3) is 6.08 Å². The maximum Gasteiger partial charge on any atom is 0.266 e. The summed E-state index contributed by atoms with van der Waals surface area (Å²) in [6.07, 6.45) is 6.36. The standard InChI is InChI=1S/C23H22N2O3S2/c1-28-19-13-6-5-12-18(19)24-21(26)15-8-16-25-22(27)20(30-23(25)29)14-7-11-17-9-3-2-4-10-17/h2-7,9-14H,8,15-16H2,1H3,(H,24,26). The van der Waals surface area contributed by atoms with Gasteiger partial charge in [-0.25, -0.2) is 0 Å². The number of methoxy groups -OCH3 is 1. The molecule has 1 fully saturated rings. The van der Waals surface area contributed by atoms with E-state index in [-0.39, 0.29) is 18.2 Å². The highest BCUT2D eigenvalue weighted by molar-refractivity contribution is 8.26. The SMILES string of the molecule is COc1ccccc1NC(=O)CCCN1C(=O)C(=CC=Cc2ccccc2)SC1=S. The highest BCUT2D eigenvalue weighted by Crippen LogP contribution is 2.31. The molecule has 0 bridgehead atoms. The van der Waals surface area contributed by atoms with Gasteiger partial charge in [-0.2, -0.15) is 0 Å². The summed E-state index contributed by atoms with van der Waals surface area (Å²) < 4.78 is 5.75. The molecule has 2 aromatic carbocycles. The number of anilines is 1. The van der Waals surface area contributed by atoms with Gasteiger partial charge in [0.15, 0.2) is 0 Å². The van der Waals surface area contributed by atoms with Crippen molar-refractivity contribution < 1.29 is 14.3 Å². The van der Waals surface area contributed by atoms with Gasteiger partial charge in [-0.3, -0.25) is 14.5 Å². The normalized spacial score (nSPS) is 15.2. The maximum absolute atomic E-state index is 12.6. The number of carbonyl (C=O) groups excluding carboxylic acids is 2. The van der Waals surface area contributed by atoms with Crippen molar-refractivity contribution in [1.82, 2.24) is 4.90 Å². The van der Waals surface area contributed by atoms with E-state index in [1.165, 1.54) is 11.8 Å². The number of amides is 2. The third-order valence-corrected chi connectivity index (χ3v) is 5.77. The molecule has 5 nitrogen and oxygen atoms in total. The summed E-state index contributed by atoms with van der Waals surface area (Å²) in [6, 6.07) is 17.1. The Balaban J connectivity index is 1.50. The lowest BCUT2D eigenvalue weighted by molar-refractivity contribution is -0.122. The zero-order valence-corrected chi connectivity index (χ0v) is 18.2. The molecule has 30 heavy (non-hydrogen) atoms. The van der Waals surface area contributed by atoms with Crippen molar-refractivity contribution in [2.45, 2.75) is 12.8 Å². The first-order valence-corrected chi connectivity index (χ1v) is 10.7. The van der Waals surface area contributed by atoms with Gasteiger partial charge in [0.05, 0.1) is 17.7 Å². The van der Waals surface area contributed by atoms with Crippen molar-refractivity contribution in [2.75, 3.05) is 19.0 Å². The lowest BCUT2D eigenvalue weighted by atomic mass is 10.2. The molecule has 1 aliphatic heterocycles. The Labute approximate surface area is 185 Å². The molecule has 0 aliphatic carbocycles. The lowest BCUT2D eigenvalue weighted by Crippen LogP contribution is -2.29. The van der Waals surface area contributed by atoms with Crippen LogP contribution >= 0.6 is 24.0 Å². The smallest absolute Gasteiger partial charge is 0.266 e. The van der Waals surface area contributed by atoms with E-state index in [9.17, 15) is 9.59 Å². The number of carbonyl (C=O) groups is 2. The van der Waals surface area contributed by atoms with E-state index in [4.69, 9.17) is 17.0 Å². The topological polar surface area (TPSA) is 58.6 Å². The number of thiocarbonyl (C=S) groups is 1. The minimum atomic E-state index is -0.133. The molecule has 1 aliphatic rings. The fraction of sp³-hybridized carbons (Fsp3) is 0.174. The Bertz CT molecular complexity index is 987. The fourth-order valence-corrected chi connectivity index (χ4v) is 4.14. The average molecular weight is 439 g/mol. The van der Waals surface area contributed by atoms with Crippen LogP contribution in [0.2, 0.25) is 0 Å². The number of thioether (sulfide) groups is 1. The van der Waals surface area contributed by atoms with Crippen LogP contribution in [-0.4, -0.2) is 34.7 Å². The number of rotatable bonds is 8. The van der Waals surface area contributed by atoms with Gasteiger partial charge in [0, 0.05) is 13.0 Å². The van der Waals surface area contributed by atoms with Crippen LogP contribution in [0.15, 0.2) is 71.7 Å². The quantitative estimate of drug-likeness (QED) is 0.471. The maximum atomic E-state index is 12.6. The van der Waals surface area contributed by atoms with E-state index in [1.807, 2.05) is 54.6 Å². The van der Waals surface area contributed by atoms with Crippen LogP contribution in [0, 0.1) is 0 Å². The van der Waals surface area contributed by atoms with Gasteiger partial charge in [-0.1, -0.05) is 78.6 Å². The molecule has 0 unspecified atom stereocenters. The van der Waals surface area contributed by atoms with E-state index in [2.05, 4.69) is 5.32 Å². The zero-order chi connectivity index (χ0) is 21.3. The predicted octanol–water partition coefficient (Wildman–Crippen LogP) is 4.87. The molecule has 2 amide bonds. The first-order chi connectivity index (χ1) is 14.6. The van der Waals surface area contributed by atoms with Crippen molar-refractivity contribution in [3.8, 4) is 5.75 Å². The van der Waals surface area contributed by atoms with E-state index in [0.29, 0.717) is 33.6 Å². The van der Waals surface area contributed by atoms with Gasteiger partial charge in [-0.05, 0) is 30.2 Å². The average Bonchev–Trinajstić information content (AvgIpc) is 3.02. The van der Waals surface area contributed by atoms with E-state index >= 15 is 0 Å². The summed E-state index contributed by atoms with van der Waals surface area (Å²) in [5.41, 5.74) is 1.69. The molecule has 0 saturated carbocycles. The second kappa shape index (κ2) is 10.8. The van der Waals surface area contributed by atoms with Gasteiger partial charge in [0.1, 0.15) is 10.1 Å². The van der Waals surface area contributed by atoms with Crippen LogP contribution in [0.5, 0.6) is 5.75 Å². The van der Waals surface area contributed by atoms with Crippen molar-refractivity contribution >= 4 is 51.9 Å². The Hall–Kier alpha value is -2.90. The van der Waals surface area contributed by atoms with Crippen molar-refractivity contribution in [2.24, 2.45) is 0 Å². The molecule has 1 heterocycles. The first-order valence-electron chi connectivity index (χ1n) is 9.48. The number of nitrogens with one attached hydrogen (secondary N) is 1. The van der Waals surface area contributed by atoms with Crippen molar-refractivity contribution in [1.29, 1.82) is 0 Å². The van der Waals surface area contributed by atoms with Crippen molar-refractivity contribution in [3.63, 3.8) is 0 Å². The molecule has 154 valence electrons. The number of para-hydroxylation sites is 2. The largest absolute Gasteiger partial charge is 0.495 e. The molecule has 0 spiro atoms. The zero-order valence-electron chi connectivity index (χ0n) is 16.5. The second-order valence-corrected chi connectivity index (χ2v) is 8.15. The minimum absolute atomic E-state index is 0.118. The molecular weight excluding hydrogens is 416 g/mol. The molecule has 0 radical (unpaired) electrons. The number of allylic oxidation sites excluding steroid dienone is 2. The fourth-order valence-electron chi connectivity index (χ4n) is 2.88. The molecule has 0 atom stereocenters. The summed E-state index contributed by atoms with van der Waals surface area (Å²) >= 11 is 6.63. The van der Waals surface area contributed by atoms with Crippen LogP contribution < -0.4 is 10.1 Å². The third kappa shape index (κ3) is 5.81. The third-order valence-electron chi connectivity index (χ3n) is 4.38. The summed E-state index contributed by atoms with van der Waals surface area (Å²) in [5, 5.41) is 2.84. The van der Waals surface area contributed by atoms with Crippen LogP contribution in [0.3, 0.4) is 0 Å². The number of benzene rings is 2. The molecule has 0 aromatic heterocycles. The predicted molar refractivity (Wildman–Crippen MR) is 126 cm³/mol. The second-order valence-electron chi connectivity index (χ2n) is 6.48. The van der Waals surface area contributed by atoms with Gasteiger partial charge in [-0.15, -0.1) is 0 Å². The molecule has 2 aromatic rings. The van der Waals surface area contributed by atoms with Crippen LogP contribution in [0.1, 0.15) is 18.4 Å². The Kier molecular flexibility index (Phi) is 7.82. The summed E-state index contributed by atoms with van der Waals surface area (Å²) in [7, 11) is 1.56. The Morgan fingerprint density at radius 1 is 1.17 bits per heavy atom. The first kappa shape index (κ1) is 21.8. The Morgan fingerprint density at radius 3 is 2.67 bits per heavy atom. The number of hydrogen-bond acceptors (Lipinski definition) is 5. The summed E-state index contributed by atoms with van der Waals surface area (Å²) in [4.78, 5) is 27.0. The molecule has 7 heteroatoms. The van der Waals surface area contributed by atoms with Crippen LogP contribution in [0.4, 0.5) is 5.69 Å². The minimum Gasteiger partial charge on any atom is -0.495 e. The van der Waals surface area contributed by atoms with Gasteiger partial charge in [0.2, 0.25) is 5.91 Å².